The zero-order valence-corrected chi connectivity index (χ0v) is 40.3. The van der Waals surface area contributed by atoms with Gasteiger partial charge in [0.15, 0.2) is 6.10 Å². The molecule has 0 saturated carbocycles. The van der Waals surface area contributed by atoms with E-state index in [0.29, 0.717) is 12.8 Å². The fraction of sp³-hybridized carbons (Fsp3) is 0.792. The van der Waals surface area contributed by atoms with Gasteiger partial charge in [-0.25, -0.2) is 0 Å². The van der Waals surface area contributed by atoms with Gasteiger partial charge in [-0.2, -0.15) is 0 Å². The fourth-order valence-electron chi connectivity index (χ4n) is 7.38. The molecule has 2 unspecified atom stereocenters. The van der Waals surface area contributed by atoms with Crippen molar-refractivity contribution in [2.75, 3.05) is 41.0 Å². The first-order valence-corrected chi connectivity index (χ1v) is 25.2. The molecule has 0 aromatic rings. The number of carbonyl (C=O) groups excluding carboxylic acids is 3. The molecular weight excluding hydrogens is 763 g/mol. The number of carbonyl (C=O) groups is 3. The molecule has 354 valence electrons. The Labute approximate surface area is 376 Å². The molecule has 0 aliphatic rings. The smallest absolute Gasteiger partial charge is 0.306 e. The number of esters is 2. The van der Waals surface area contributed by atoms with Gasteiger partial charge >= 0.3 is 11.9 Å². The maximum atomic E-state index is 12.7. The predicted molar refractivity (Wildman–Crippen MR) is 254 cm³/mol. The topological polar surface area (TPSA) is 102 Å². The van der Waals surface area contributed by atoms with Crippen molar-refractivity contribution in [2.24, 2.45) is 0 Å². The third-order valence-corrected chi connectivity index (χ3v) is 11.2. The Bertz CT molecular complexity index is 1140. The molecule has 0 amide bonds. The first-order chi connectivity index (χ1) is 29.6. The predicted octanol–water partition coefficient (Wildman–Crippen LogP) is 13.0. The van der Waals surface area contributed by atoms with Gasteiger partial charge in [-0.3, -0.25) is 9.59 Å². The van der Waals surface area contributed by atoms with Gasteiger partial charge in [0.25, 0.3) is 0 Å². The number of hydrogen-bond donors (Lipinski definition) is 0. The van der Waals surface area contributed by atoms with Crippen molar-refractivity contribution in [3.63, 3.8) is 0 Å². The quantitative estimate of drug-likeness (QED) is 0.0260. The summed E-state index contributed by atoms with van der Waals surface area (Å²) in [6.45, 7) is 4.49. The second kappa shape index (κ2) is 43.9. The molecule has 2 atom stereocenters. The number of carboxylic acids is 1. The van der Waals surface area contributed by atoms with Crippen LogP contribution in [0.25, 0.3) is 0 Å². The summed E-state index contributed by atoms with van der Waals surface area (Å²) < 4.78 is 17.1. The Hall–Kier alpha value is -2.71. The highest BCUT2D eigenvalue weighted by molar-refractivity contribution is 5.70. The molecule has 8 heteroatoms. The van der Waals surface area contributed by atoms with Gasteiger partial charge in [0.1, 0.15) is 12.6 Å². The third kappa shape index (κ3) is 42.4. The summed E-state index contributed by atoms with van der Waals surface area (Å²) in [6.07, 6.45) is 53.2. The molecule has 0 aliphatic heterocycles. The van der Waals surface area contributed by atoms with Crippen LogP contribution in [0.5, 0.6) is 0 Å². The van der Waals surface area contributed by atoms with Crippen molar-refractivity contribution in [1.29, 1.82) is 0 Å². The Morgan fingerprint density at radius 1 is 0.508 bits per heavy atom. The average Bonchev–Trinajstić information content (AvgIpc) is 3.22. The maximum absolute atomic E-state index is 12.7. The van der Waals surface area contributed by atoms with Crippen molar-refractivity contribution in [1.82, 2.24) is 0 Å². The van der Waals surface area contributed by atoms with E-state index in [1.54, 1.807) is 21.1 Å². The van der Waals surface area contributed by atoms with Crippen molar-refractivity contribution in [2.45, 2.75) is 231 Å². The average molecular weight is 858 g/mol. The Morgan fingerprint density at radius 3 is 1.33 bits per heavy atom. The van der Waals surface area contributed by atoms with E-state index < -0.39 is 24.1 Å². The van der Waals surface area contributed by atoms with Crippen LogP contribution in [0.2, 0.25) is 0 Å². The van der Waals surface area contributed by atoms with Crippen LogP contribution in [-0.4, -0.2) is 75.5 Å². The Balaban J connectivity index is 4.18. The van der Waals surface area contributed by atoms with Crippen LogP contribution in [-0.2, 0) is 28.6 Å². The number of allylic oxidation sites excluding steroid dienone is 8. The summed E-state index contributed by atoms with van der Waals surface area (Å²) in [7, 11) is 5.39. The molecule has 61 heavy (non-hydrogen) atoms. The van der Waals surface area contributed by atoms with Crippen LogP contribution in [0, 0.1) is 0 Å². The second-order valence-corrected chi connectivity index (χ2v) is 18.0. The molecule has 0 radical (unpaired) electrons. The minimum atomic E-state index is -1.13. The fourth-order valence-corrected chi connectivity index (χ4v) is 7.38. The molecule has 0 fully saturated rings. The van der Waals surface area contributed by atoms with Crippen LogP contribution in [0.4, 0.5) is 0 Å². The molecule has 0 aromatic heterocycles. The summed E-state index contributed by atoms with van der Waals surface area (Å²) >= 11 is 0. The highest BCUT2D eigenvalue weighted by Crippen LogP contribution is 2.16. The van der Waals surface area contributed by atoms with Crippen LogP contribution < -0.4 is 5.11 Å². The van der Waals surface area contributed by atoms with E-state index in [0.717, 1.165) is 44.9 Å². The van der Waals surface area contributed by atoms with Crippen LogP contribution >= 0.6 is 0 Å². The SMILES string of the molecule is CC/C=C\C/C=C\C/C=C\C/C=C\CCC(=O)OC(COCCC(C(=O)[O-])[N+](C)(C)C)COC(=O)CCCCCCCCCCCCCCCCCCCCCCCCCC. The van der Waals surface area contributed by atoms with E-state index >= 15 is 0 Å². The maximum Gasteiger partial charge on any atom is 0.306 e. The van der Waals surface area contributed by atoms with Gasteiger partial charge in [-0.05, 0) is 38.5 Å². The van der Waals surface area contributed by atoms with E-state index in [1.165, 1.54) is 135 Å². The normalized spacial score (nSPS) is 13.3. The lowest BCUT2D eigenvalue weighted by molar-refractivity contribution is -0.889. The van der Waals surface area contributed by atoms with Gasteiger partial charge in [0.2, 0.25) is 0 Å². The zero-order chi connectivity index (χ0) is 44.9. The summed E-state index contributed by atoms with van der Waals surface area (Å²) in [5, 5.41) is 11.6. The first-order valence-electron chi connectivity index (χ1n) is 25.2. The van der Waals surface area contributed by atoms with E-state index in [-0.39, 0.29) is 43.1 Å². The van der Waals surface area contributed by atoms with Crippen LogP contribution in [0.3, 0.4) is 0 Å². The Kier molecular flexibility index (Phi) is 42.0. The molecule has 0 N–H and O–H groups in total. The first kappa shape index (κ1) is 58.3. The lowest BCUT2D eigenvalue weighted by Crippen LogP contribution is -2.55. The largest absolute Gasteiger partial charge is 0.544 e. The number of nitrogens with zero attached hydrogens (tertiary/aromatic N) is 1. The molecule has 0 saturated heterocycles. The van der Waals surface area contributed by atoms with Crippen molar-refractivity contribution >= 4 is 17.9 Å². The summed E-state index contributed by atoms with van der Waals surface area (Å²) in [5.74, 6) is -1.83. The Morgan fingerprint density at radius 2 is 0.918 bits per heavy atom. The number of likely N-dealkylation sites (N-methyl/N-ethyl adjacent to an activating group) is 1. The molecule has 0 bridgehead atoms. The van der Waals surface area contributed by atoms with E-state index in [4.69, 9.17) is 14.2 Å². The number of aliphatic carboxylic acids is 1. The van der Waals surface area contributed by atoms with Crippen LogP contribution in [0.15, 0.2) is 48.6 Å². The van der Waals surface area contributed by atoms with E-state index in [9.17, 15) is 19.5 Å². The van der Waals surface area contributed by atoms with Crippen LogP contribution in [0.1, 0.15) is 219 Å². The van der Waals surface area contributed by atoms with Gasteiger partial charge < -0.3 is 28.6 Å². The number of rotatable bonds is 45. The number of quaternary nitrogens is 1. The van der Waals surface area contributed by atoms with E-state index in [1.807, 2.05) is 12.2 Å². The van der Waals surface area contributed by atoms with Gasteiger partial charge in [0, 0.05) is 19.3 Å². The molecule has 0 spiro atoms. The zero-order valence-electron chi connectivity index (χ0n) is 40.3. The summed E-state index contributed by atoms with van der Waals surface area (Å²) in [6, 6.07) is -0.738. The molecule has 0 aliphatic carbocycles. The lowest BCUT2D eigenvalue weighted by atomic mass is 10.0. The molecule has 8 nitrogen and oxygen atoms in total. The highest BCUT2D eigenvalue weighted by Gasteiger charge is 2.25. The lowest BCUT2D eigenvalue weighted by Gasteiger charge is -2.34. The van der Waals surface area contributed by atoms with Gasteiger partial charge in [-0.15, -0.1) is 0 Å². The van der Waals surface area contributed by atoms with Gasteiger partial charge in [0.05, 0.1) is 40.3 Å². The number of carboxylic acid groups (broad SMARTS) is 1. The number of ether oxygens (including phenoxy) is 3. The van der Waals surface area contributed by atoms with Crippen molar-refractivity contribution in [3.8, 4) is 0 Å². The third-order valence-electron chi connectivity index (χ3n) is 11.2. The summed E-state index contributed by atoms with van der Waals surface area (Å²) in [5.41, 5.74) is 0. The summed E-state index contributed by atoms with van der Waals surface area (Å²) in [4.78, 5) is 36.9. The highest BCUT2D eigenvalue weighted by atomic mass is 16.6. The monoisotopic (exact) mass is 858 g/mol. The molecule has 0 heterocycles. The molecule has 0 aromatic carbocycles. The minimum Gasteiger partial charge on any atom is -0.544 e. The molecular formula is C53H95NO7. The number of hydrogen-bond acceptors (Lipinski definition) is 7. The molecule has 0 rings (SSSR count). The van der Waals surface area contributed by atoms with Crippen molar-refractivity contribution < 1.29 is 38.2 Å². The van der Waals surface area contributed by atoms with Gasteiger partial charge in [-0.1, -0.05) is 210 Å². The minimum absolute atomic E-state index is 0.0133. The number of unbranched alkanes of at least 4 members (excludes halogenated alkanes) is 23. The standard InChI is InChI=1S/C53H95NO7/c1-6-8-10-12-14-16-18-20-21-22-23-24-25-26-27-28-29-30-32-33-35-37-39-41-43-51(55)60-48-49(47-59-46-45-50(53(57)58)54(3,4)5)61-52(56)44-42-40-38-36-34-31-19-17-15-13-11-9-7-2/h9,11,15,17,31,34,38,40,49-50H,6-8,10,12-14,16,18-30,32-33,35-37,39,41-48H2,1-5H3/b11-9-,17-15-,34-31-,40-38-. The second-order valence-electron chi connectivity index (χ2n) is 18.0. The van der Waals surface area contributed by atoms with E-state index in [2.05, 4.69) is 50.3 Å². The van der Waals surface area contributed by atoms with Crippen molar-refractivity contribution in [3.05, 3.63) is 48.6 Å².